The van der Waals surface area contributed by atoms with Crippen LogP contribution in [-0.4, -0.2) is 9.97 Å². The average Bonchev–Trinajstić information content (AvgIpc) is 2.81. The van der Waals surface area contributed by atoms with Crippen molar-refractivity contribution >= 4 is 17.2 Å². The van der Waals surface area contributed by atoms with Crippen molar-refractivity contribution in [2.45, 2.75) is 26.3 Å². The Morgan fingerprint density at radius 2 is 2.25 bits per heavy atom. The fraction of sp³-hybridized carbons (Fsp3) is 0.333. The Hall–Kier alpha value is -1.42. The lowest BCUT2D eigenvalue weighted by atomic mass is 10.2. The molecule has 0 saturated carbocycles. The summed E-state index contributed by atoms with van der Waals surface area (Å²) in [5.41, 5.74) is 1.16. The SMILES string of the molecule is CCC(Nc1ncccc1C)c1nccs1. The molecular weight excluding hydrogens is 218 g/mol. The lowest BCUT2D eigenvalue weighted by molar-refractivity contribution is 0.736. The highest BCUT2D eigenvalue weighted by Crippen LogP contribution is 2.24. The first-order valence-electron chi connectivity index (χ1n) is 5.38. The maximum Gasteiger partial charge on any atom is 0.129 e. The third-order valence-corrected chi connectivity index (χ3v) is 3.37. The molecule has 0 aromatic carbocycles. The van der Waals surface area contributed by atoms with Crippen molar-refractivity contribution in [3.8, 4) is 0 Å². The molecule has 2 heterocycles. The van der Waals surface area contributed by atoms with E-state index in [1.54, 1.807) is 11.3 Å². The molecule has 1 N–H and O–H groups in total. The van der Waals surface area contributed by atoms with Crippen LogP contribution in [0.4, 0.5) is 5.82 Å². The lowest BCUT2D eigenvalue weighted by Crippen LogP contribution is -2.11. The van der Waals surface area contributed by atoms with Crippen LogP contribution in [0, 0.1) is 6.92 Å². The molecule has 3 nitrogen and oxygen atoms in total. The topological polar surface area (TPSA) is 37.8 Å². The summed E-state index contributed by atoms with van der Waals surface area (Å²) in [7, 11) is 0. The molecule has 16 heavy (non-hydrogen) atoms. The first-order chi connectivity index (χ1) is 7.81. The second kappa shape index (κ2) is 5.07. The van der Waals surface area contributed by atoms with Gasteiger partial charge in [-0.1, -0.05) is 13.0 Å². The van der Waals surface area contributed by atoms with Crippen LogP contribution in [0.1, 0.15) is 30.0 Å². The molecule has 0 aliphatic carbocycles. The molecule has 0 aliphatic heterocycles. The van der Waals surface area contributed by atoms with E-state index in [4.69, 9.17) is 0 Å². The minimum atomic E-state index is 0.258. The fourth-order valence-corrected chi connectivity index (χ4v) is 2.32. The summed E-state index contributed by atoms with van der Waals surface area (Å²) in [6.07, 6.45) is 4.66. The van der Waals surface area contributed by atoms with Gasteiger partial charge in [0, 0.05) is 17.8 Å². The second-order valence-corrected chi connectivity index (χ2v) is 4.57. The monoisotopic (exact) mass is 233 g/mol. The van der Waals surface area contributed by atoms with Gasteiger partial charge in [-0.2, -0.15) is 0 Å². The molecule has 2 aromatic rings. The van der Waals surface area contributed by atoms with Crippen molar-refractivity contribution in [3.63, 3.8) is 0 Å². The van der Waals surface area contributed by atoms with E-state index in [-0.39, 0.29) is 6.04 Å². The molecule has 0 spiro atoms. The van der Waals surface area contributed by atoms with Crippen molar-refractivity contribution in [2.75, 3.05) is 5.32 Å². The van der Waals surface area contributed by atoms with Gasteiger partial charge < -0.3 is 5.32 Å². The Kier molecular flexibility index (Phi) is 3.51. The first-order valence-corrected chi connectivity index (χ1v) is 6.26. The zero-order valence-electron chi connectivity index (χ0n) is 9.47. The number of aryl methyl sites for hydroxylation is 1. The number of pyridine rings is 1. The predicted molar refractivity (Wildman–Crippen MR) is 67.7 cm³/mol. The molecule has 0 bridgehead atoms. The van der Waals surface area contributed by atoms with Gasteiger partial charge in [0.25, 0.3) is 0 Å². The minimum Gasteiger partial charge on any atom is -0.361 e. The van der Waals surface area contributed by atoms with E-state index in [9.17, 15) is 0 Å². The number of hydrogen-bond donors (Lipinski definition) is 1. The molecule has 2 rings (SSSR count). The number of aromatic nitrogens is 2. The van der Waals surface area contributed by atoms with E-state index >= 15 is 0 Å². The summed E-state index contributed by atoms with van der Waals surface area (Å²) >= 11 is 1.68. The Morgan fingerprint density at radius 1 is 1.38 bits per heavy atom. The average molecular weight is 233 g/mol. The van der Waals surface area contributed by atoms with Crippen LogP contribution in [0.5, 0.6) is 0 Å². The summed E-state index contributed by atoms with van der Waals surface area (Å²) < 4.78 is 0. The number of rotatable bonds is 4. The summed E-state index contributed by atoms with van der Waals surface area (Å²) in [4.78, 5) is 8.68. The van der Waals surface area contributed by atoms with Gasteiger partial charge in [0.1, 0.15) is 10.8 Å². The zero-order valence-corrected chi connectivity index (χ0v) is 10.3. The molecule has 0 fully saturated rings. The van der Waals surface area contributed by atoms with Crippen LogP contribution in [0.15, 0.2) is 29.9 Å². The molecule has 2 aromatic heterocycles. The number of thiazole rings is 1. The summed E-state index contributed by atoms with van der Waals surface area (Å²) in [6, 6.07) is 4.27. The van der Waals surface area contributed by atoms with Gasteiger partial charge in [-0.15, -0.1) is 11.3 Å². The summed E-state index contributed by atoms with van der Waals surface area (Å²) in [6.45, 7) is 4.21. The van der Waals surface area contributed by atoms with E-state index in [0.29, 0.717) is 0 Å². The number of nitrogens with one attached hydrogen (secondary N) is 1. The van der Waals surface area contributed by atoms with Crippen LogP contribution in [0.2, 0.25) is 0 Å². The zero-order chi connectivity index (χ0) is 11.4. The van der Waals surface area contributed by atoms with E-state index in [0.717, 1.165) is 22.8 Å². The maximum atomic E-state index is 4.34. The molecular formula is C12H15N3S. The first kappa shape index (κ1) is 11.1. The van der Waals surface area contributed by atoms with Crippen molar-refractivity contribution in [1.82, 2.24) is 9.97 Å². The van der Waals surface area contributed by atoms with Crippen molar-refractivity contribution < 1.29 is 0 Å². The van der Waals surface area contributed by atoms with Crippen LogP contribution >= 0.6 is 11.3 Å². The summed E-state index contributed by atoms with van der Waals surface area (Å²) in [5.74, 6) is 0.949. The molecule has 0 radical (unpaired) electrons. The van der Waals surface area contributed by atoms with Gasteiger partial charge in [-0.05, 0) is 25.0 Å². The van der Waals surface area contributed by atoms with E-state index in [2.05, 4.69) is 35.2 Å². The highest BCUT2D eigenvalue weighted by molar-refractivity contribution is 7.09. The second-order valence-electron chi connectivity index (χ2n) is 3.64. The van der Waals surface area contributed by atoms with Gasteiger partial charge in [-0.3, -0.25) is 0 Å². The van der Waals surface area contributed by atoms with Crippen molar-refractivity contribution in [1.29, 1.82) is 0 Å². The standard InChI is InChI=1S/C12H15N3S/c1-3-10(12-14-7-8-16-12)15-11-9(2)5-4-6-13-11/h4-8,10H,3H2,1-2H3,(H,13,15). The highest BCUT2D eigenvalue weighted by Gasteiger charge is 2.12. The van der Waals surface area contributed by atoms with Gasteiger partial charge in [0.15, 0.2) is 0 Å². The van der Waals surface area contributed by atoms with Crippen molar-refractivity contribution in [2.24, 2.45) is 0 Å². The number of anilines is 1. The number of nitrogens with zero attached hydrogens (tertiary/aromatic N) is 2. The Labute approximate surface area is 99.6 Å². The molecule has 4 heteroatoms. The largest absolute Gasteiger partial charge is 0.361 e. The molecule has 0 amide bonds. The number of hydrogen-bond acceptors (Lipinski definition) is 4. The smallest absolute Gasteiger partial charge is 0.129 e. The van der Waals surface area contributed by atoms with Gasteiger partial charge >= 0.3 is 0 Å². The third kappa shape index (κ3) is 2.39. The van der Waals surface area contributed by atoms with Crippen molar-refractivity contribution in [3.05, 3.63) is 40.5 Å². The van der Waals surface area contributed by atoms with E-state index in [1.165, 1.54) is 0 Å². The molecule has 0 aliphatic rings. The van der Waals surface area contributed by atoms with Crippen LogP contribution < -0.4 is 5.32 Å². The minimum absolute atomic E-state index is 0.258. The Morgan fingerprint density at radius 3 is 2.88 bits per heavy atom. The molecule has 1 atom stereocenters. The van der Waals surface area contributed by atoms with Crippen LogP contribution in [0.3, 0.4) is 0 Å². The highest BCUT2D eigenvalue weighted by atomic mass is 32.1. The molecule has 84 valence electrons. The van der Waals surface area contributed by atoms with E-state index < -0.39 is 0 Å². The third-order valence-electron chi connectivity index (χ3n) is 2.48. The Balaban J connectivity index is 2.17. The molecule has 0 saturated heterocycles. The molecule has 1 unspecified atom stereocenters. The normalized spacial score (nSPS) is 12.4. The van der Waals surface area contributed by atoms with Crippen LogP contribution in [0.25, 0.3) is 0 Å². The van der Waals surface area contributed by atoms with Gasteiger partial charge in [0.2, 0.25) is 0 Å². The predicted octanol–water partition coefficient (Wildman–Crippen LogP) is 3.41. The van der Waals surface area contributed by atoms with Crippen LogP contribution in [-0.2, 0) is 0 Å². The maximum absolute atomic E-state index is 4.34. The van der Waals surface area contributed by atoms with E-state index in [1.807, 2.05) is 23.8 Å². The quantitative estimate of drug-likeness (QED) is 0.879. The lowest BCUT2D eigenvalue weighted by Gasteiger charge is -2.16. The fourth-order valence-electron chi connectivity index (χ4n) is 1.55. The van der Waals surface area contributed by atoms with Gasteiger partial charge in [-0.25, -0.2) is 9.97 Å². The Bertz CT molecular complexity index is 439. The van der Waals surface area contributed by atoms with Gasteiger partial charge in [0.05, 0.1) is 6.04 Å². The summed E-state index contributed by atoms with van der Waals surface area (Å²) in [5, 5.41) is 6.56.